The molecule has 1 aliphatic rings. The minimum absolute atomic E-state index is 0.660. The summed E-state index contributed by atoms with van der Waals surface area (Å²) < 4.78 is 0. The molecule has 0 heterocycles. The minimum atomic E-state index is 0.660. The SMILES string of the molecule is CC(C)N(CCCCC(N)=S)CC1CC1. The lowest BCUT2D eigenvalue weighted by molar-refractivity contribution is 0.209. The predicted molar refractivity (Wildman–Crippen MR) is 70.1 cm³/mol. The highest BCUT2D eigenvalue weighted by Gasteiger charge is 2.24. The normalized spacial score (nSPS) is 16.3. The topological polar surface area (TPSA) is 29.3 Å². The molecule has 0 spiro atoms. The average Bonchev–Trinajstić information content (AvgIpc) is 2.93. The van der Waals surface area contributed by atoms with Crippen molar-refractivity contribution in [1.29, 1.82) is 0 Å². The van der Waals surface area contributed by atoms with Crippen LogP contribution in [-0.2, 0) is 0 Å². The molecule has 0 aromatic rings. The van der Waals surface area contributed by atoms with Crippen LogP contribution in [0.5, 0.6) is 0 Å². The molecular weight excluding hydrogens is 204 g/mol. The first-order valence-electron chi connectivity index (χ1n) is 6.12. The Morgan fingerprint density at radius 1 is 1.40 bits per heavy atom. The molecule has 0 aliphatic heterocycles. The van der Waals surface area contributed by atoms with Crippen molar-refractivity contribution in [3.8, 4) is 0 Å². The van der Waals surface area contributed by atoms with Gasteiger partial charge in [-0.15, -0.1) is 0 Å². The molecule has 0 atom stereocenters. The van der Waals surface area contributed by atoms with Crippen LogP contribution >= 0.6 is 12.2 Å². The van der Waals surface area contributed by atoms with Crippen molar-refractivity contribution < 1.29 is 0 Å². The van der Waals surface area contributed by atoms with E-state index in [4.69, 9.17) is 18.0 Å². The molecule has 1 aliphatic carbocycles. The predicted octanol–water partition coefficient (Wildman–Crippen LogP) is 2.56. The Hall–Kier alpha value is -0.150. The van der Waals surface area contributed by atoms with E-state index in [1.807, 2.05) is 0 Å². The van der Waals surface area contributed by atoms with Crippen LogP contribution < -0.4 is 5.73 Å². The third-order valence-electron chi connectivity index (χ3n) is 3.04. The molecule has 3 heteroatoms. The highest BCUT2D eigenvalue weighted by Crippen LogP contribution is 2.30. The number of hydrogen-bond donors (Lipinski definition) is 1. The van der Waals surface area contributed by atoms with Gasteiger partial charge in [0.25, 0.3) is 0 Å². The van der Waals surface area contributed by atoms with Gasteiger partial charge in [-0.2, -0.15) is 0 Å². The van der Waals surface area contributed by atoms with Gasteiger partial charge < -0.3 is 10.6 Å². The summed E-state index contributed by atoms with van der Waals surface area (Å²) in [4.78, 5) is 3.25. The first kappa shape index (κ1) is 12.9. The van der Waals surface area contributed by atoms with Crippen molar-refractivity contribution in [3.63, 3.8) is 0 Å². The van der Waals surface area contributed by atoms with Crippen molar-refractivity contribution >= 4 is 17.2 Å². The molecule has 15 heavy (non-hydrogen) atoms. The quantitative estimate of drug-likeness (QED) is 0.511. The smallest absolute Gasteiger partial charge is 0.0727 e. The molecule has 1 saturated carbocycles. The van der Waals surface area contributed by atoms with Crippen LogP contribution in [0.15, 0.2) is 0 Å². The van der Waals surface area contributed by atoms with Crippen LogP contribution in [0.1, 0.15) is 46.0 Å². The second-order valence-corrected chi connectivity index (χ2v) is 5.48. The monoisotopic (exact) mass is 228 g/mol. The molecule has 0 unspecified atom stereocenters. The van der Waals surface area contributed by atoms with E-state index in [1.165, 1.54) is 32.4 Å². The van der Waals surface area contributed by atoms with Gasteiger partial charge in [0.2, 0.25) is 0 Å². The Morgan fingerprint density at radius 3 is 2.53 bits per heavy atom. The fourth-order valence-corrected chi connectivity index (χ4v) is 1.95. The maximum Gasteiger partial charge on any atom is 0.0727 e. The Bertz CT molecular complexity index is 200. The standard InChI is InChI=1S/C12H24N2S/c1-10(2)14(9-11-6-7-11)8-4-3-5-12(13)15/h10-11H,3-9H2,1-2H3,(H2,13,15). The largest absolute Gasteiger partial charge is 0.393 e. The van der Waals surface area contributed by atoms with E-state index >= 15 is 0 Å². The molecule has 2 N–H and O–H groups in total. The molecular formula is C12H24N2S. The lowest BCUT2D eigenvalue weighted by Gasteiger charge is -2.26. The first-order chi connectivity index (χ1) is 7.09. The van der Waals surface area contributed by atoms with Gasteiger partial charge >= 0.3 is 0 Å². The molecule has 0 bridgehead atoms. The van der Waals surface area contributed by atoms with Crippen LogP contribution in [0.3, 0.4) is 0 Å². The van der Waals surface area contributed by atoms with Gasteiger partial charge in [0.05, 0.1) is 4.99 Å². The summed E-state index contributed by atoms with van der Waals surface area (Å²) in [6.45, 7) is 7.08. The number of unbranched alkanes of at least 4 members (excludes halogenated alkanes) is 1. The summed E-state index contributed by atoms with van der Waals surface area (Å²) in [7, 11) is 0. The number of rotatable bonds is 8. The van der Waals surface area contributed by atoms with Crippen LogP contribution in [0, 0.1) is 5.92 Å². The maximum absolute atomic E-state index is 5.48. The molecule has 0 aromatic carbocycles. The summed E-state index contributed by atoms with van der Waals surface area (Å²) in [6.07, 6.45) is 6.16. The number of nitrogens with two attached hydrogens (primary N) is 1. The van der Waals surface area contributed by atoms with Crippen LogP contribution in [0.25, 0.3) is 0 Å². The molecule has 0 saturated heterocycles. The fraction of sp³-hybridized carbons (Fsp3) is 0.917. The molecule has 0 aromatic heterocycles. The molecule has 0 amide bonds. The minimum Gasteiger partial charge on any atom is -0.393 e. The lowest BCUT2D eigenvalue weighted by Crippen LogP contribution is -2.33. The van der Waals surface area contributed by atoms with Crippen molar-refractivity contribution in [1.82, 2.24) is 4.90 Å². The van der Waals surface area contributed by atoms with E-state index in [1.54, 1.807) is 0 Å². The zero-order valence-electron chi connectivity index (χ0n) is 10.0. The van der Waals surface area contributed by atoms with Gasteiger partial charge in [-0.3, -0.25) is 0 Å². The number of hydrogen-bond acceptors (Lipinski definition) is 2. The second kappa shape index (κ2) is 6.44. The van der Waals surface area contributed by atoms with Gasteiger partial charge in [0, 0.05) is 12.6 Å². The second-order valence-electron chi connectivity index (χ2n) is 4.96. The lowest BCUT2D eigenvalue weighted by atomic mass is 10.2. The van der Waals surface area contributed by atoms with Gasteiger partial charge in [-0.05, 0) is 58.4 Å². The van der Waals surface area contributed by atoms with Crippen molar-refractivity contribution in [2.45, 2.75) is 52.0 Å². The highest BCUT2D eigenvalue weighted by atomic mass is 32.1. The third-order valence-corrected chi connectivity index (χ3v) is 3.24. The van der Waals surface area contributed by atoms with E-state index < -0.39 is 0 Å². The molecule has 2 nitrogen and oxygen atoms in total. The first-order valence-corrected chi connectivity index (χ1v) is 6.52. The van der Waals surface area contributed by atoms with Crippen LogP contribution in [-0.4, -0.2) is 29.0 Å². The summed E-state index contributed by atoms with van der Waals surface area (Å²) in [5, 5.41) is 0. The van der Waals surface area contributed by atoms with E-state index in [0.29, 0.717) is 11.0 Å². The van der Waals surface area contributed by atoms with Crippen molar-refractivity contribution in [2.24, 2.45) is 11.7 Å². The fourth-order valence-electron chi connectivity index (χ4n) is 1.81. The Balaban J connectivity index is 2.10. The van der Waals surface area contributed by atoms with Gasteiger partial charge in [0.1, 0.15) is 0 Å². The zero-order chi connectivity index (χ0) is 11.3. The van der Waals surface area contributed by atoms with Gasteiger partial charge in [0.15, 0.2) is 0 Å². The summed E-state index contributed by atoms with van der Waals surface area (Å²) >= 11 is 4.87. The van der Waals surface area contributed by atoms with Crippen LogP contribution in [0.4, 0.5) is 0 Å². The maximum atomic E-state index is 5.48. The van der Waals surface area contributed by atoms with Crippen molar-refractivity contribution in [3.05, 3.63) is 0 Å². The van der Waals surface area contributed by atoms with E-state index in [0.717, 1.165) is 18.8 Å². The van der Waals surface area contributed by atoms with Crippen molar-refractivity contribution in [2.75, 3.05) is 13.1 Å². The summed E-state index contributed by atoms with van der Waals surface area (Å²) in [6, 6.07) is 0.676. The van der Waals surface area contributed by atoms with E-state index in [-0.39, 0.29) is 0 Å². The van der Waals surface area contributed by atoms with Crippen LogP contribution in [0.2, 0.25) is 0 Å². The molecule has 1 rings (SSSR count). The van der Waals surface area contributed by atoms with E-state index in [9.17, 15) is 0 Å². The third kappa shape index (κ3) is 6.10. The summed E-state index contributed by atoms with van der Waals surface area (Å²) in [5.41, 5.74) is 5.48. The number of nitrogens with zero attached hydrogens (tertiary/aromatic N) is 1. The number of thiocarbonyl (C=S) groups is 1. The Labute approximate surface area is 99.2 Å². The Morgan fingerprint density at radius 2 is 2.07 bits per heavy atom. The van der Waals surface area contributed by atoms with Gasteiger partial charge in [-0.1, -0.05) is 12.2 Å². The molecule has 0 radical (unpaired) electrons. The van der Waals surface area contributed by atoms with E-state index in [2.05, 4.69) is 18.7 Å². The molecule has 88 valence electrons. The zero-order valence-corrected chi connectivity index (χ0v) is 10.9. The Kier molecular flexibility index (Phi) is 5.54. The highest BCUT2D eigenvalue weighted by molar-refractivity contribution is 7.80. The summed E-state index contributed by atoms with van der Waals surface area (Å²) in [5.74, 6) is 0.989. The van der Waals surface area contributed by atoms with Gasteiger partial charge in [-0.25, -0.2) is 0 Å². The average molecular weight is 228 g/mol. The molecule has 1 fully saturated rings.